The minimum absolute atomic E-state index is 0.140. The third kappa shape index (κ3) is 5.87. The fourth-order valence-electron chi connectivity index (χ4n) is 3.17. The SMILES string of the molecule is CCOc1ccc(-c2nc3cc(NC(=S)NC(=O)COc4cccc(C)c4)ccc3o2)cc1. The molecule has 0 aliphatic heterocycles. The predicted molar refractivity (Wildman–Crippen MR) is 132 cm³/mol. The van der Waals surface area contributed by atoms with Crippen LogP contribution in [0, 0.1) is 6.92 Å². The van der Waals surface area contributed by atoms with E-state index < -0.39 is 0 Å². The van der Waals surface area contributed by atoms with Crippen molar-refractivity contribution in [2.75, 3.05) is 18.5 Å². The number of benzene rings is 3. The summed E-state index contributed by atoms with van der Waals surface area (Å²) < 4.78 is 16.8. The number of fused-ring (bicyclic) bond motifs is 1. The predicted octanol–water partition coefficient (Wildman–Crippen LogP) is 5.09. The number of ether oxygens (including phenoxy) is 2. The molecular formula is C25H23N3O4S. The largest absolute Gasteiger partial charge is 0.494 e. The van der Waals surface area contributed by atoms with Crippen molar-refractivity contribution in [2.24, 2.45) is 0 Å². The molecule has 0 spiro atoms. The summed E-state index contributed by atoms with van der Waals surface area (Å²) in [6.45, 7) is 4.37. The highest BCUT2D eigenvalue weighted by atomic mass is 32.1. The zero-order valence-corrected chi connectivity index (χ0v) is 19.1. The molecule has 0 radical (unpaired) electrons. The van der Waals surface area contributed by atoms with Crippen LogP contribution in [0.5, 0.6) is 11.5 Å². The molecule has 33 heavy (non-hydrogen) atoms. The Morgan fingerprint density at radius 2 is 1.85 bits per heavy atom. The number of amides is 1. The molecule has 2 N–H and O–H groups in total. The Kier molecular flexibility index (Phi) is 6.85. The second-order valence-corrected chi connectivity index (χ2v) is 7.67. The van der Waals surface area contributed by atoms with Gasteiger partial charge in [0.05, 0.1) is 6.61 Å². The number of hydrogen-bond acceptors (Lipinski definition) is 6. The molecule has 8 heteroatoms. The van der Waals surface area contributed by atoms with E-state index in [2.05, 4.69) is 15.6 Å². The minimum atomic E-state index is -0.352. The highest BCUT2D eigenvalue weighted by Gasteiger charge is 2.11. The van der Waals surface area contributed by atoms with E-state index in [-0.39, 0.29) is 17.6 Å². The van der Waals surface area contributed by atoms with E-state index in [1.807, 2.05) is 56.3 Å². The van der Waals surface area contributed by atoms with Crippen molar-refractivity contribution in [3.8, 4) is 23.0 Å². The molecular weight excluding hydrogens is 438 g/mol. The van der Waals surface area contributed by atoms with Crippen molar-refractivity contribution in [3.05, 3.63) is 72.3 Å². The van der Waals surface area contributed by atoms with Gasteiger partial charge in [-0.15, -0.1) is 0 Å². The third-order valence-electron chi connectivity index (χ3n) is 4.67. The number of thiocarbonyl (C=S) groups is 1. The van der Waals surface area contributed by atoms with Gasteiger partial charge in [0, 0.05) is 11.3 Å². The van der Waals surface area contributed by atoms with Crippen molar-refractivity contribution < 1.29 is 18.7 Å². The average molecular weight is 462 g/mol. The molecule has 0 saturated heterocycles. The van der Waals surface area contributed by atoms with Crippen LogP contribution in [0.2, 0.25) is 0 Å². The number of oxazole rings is 1. The van der Waals surface area contributed by atoms with Gasteiger partial charge in [-0.2, -0.15) is 0 Å². The second-order valence-electron chi connectivity index (χ2n) is 7.27. The maximum atomic E-state index is 12.1. The van der Waals surface area contributed by atoms with Crippen molar-refractivity contribution in [3.63, 3.8) is 0 Å². The normalized spacial score (nSPS) is 10.6. The van der Waals surface area contributed by atoms with Gasteiger partial charge < -0.3 is 19.2 Å². The van der Waals surface area contributed by atoms with E-state index in [0.717, 1.165) is 16.9 Å². The van der Waals surface area contributed by atoms with Gasteiger partial charge in [0.1, 0.15) is 17.0 Å². The molecule has 4 rings (SSSR count). The fraction of sp³-hybridized carbons (Fsp3) is 0.160. The lowest BCUT2D eigenvalue weighted by molar-refractivity contribution is -0.121. The van der Waals surface area contributed by atoms with Crippen LogP contribution in [0.15, 0.2) is 71.1 Å². The molecule has 1 heterocycles. The number of nitrogens with one attached hydrogen (secondary N) is 2. The molecule has 0 atom stereocenters. The molecule has 168 valence electrons. The maximum absolute atomic E-state index is 12.1. The summed E-state index contributed by atoms with van der Waals surface area (Å²) in [6, 6.07) is 20.5. The molecule has 1 amide bonds. The summed E-state index contributed by atoms with van der Waals surface area (Å²) >= 11 is 5.25. The van der Waals surface area contributed by atoms with Gasteiger partial charge in [-0.3, -0.25) is 10.1 Å². The molecule has 3 aromatic carbocycles. The Balaban J connectivity index is 1.36. The quantitative estimate of drug-likeness (QED) is 0.371. The lowest BCUT2D eigenvalue weighted by Gasteiger charge is -2.10. The van der Waals surface area contributed by atoms with E-state index in [4.69, 9.17) is 26.1 Å². The Hall–Kier alpha value is -3.91. The monoisotopic (exact) mass is 461 g/mol. The summed E-state index contributed by atoms with van der Waals surface area (Å²) in [5.41, 5.74) is 3.89. The van der Waals surface area contributed by atoms with E-state index in [1.165, 1.54) is 0 Å². The molecule has 1 aromatic heterocycles. The summed E-state index contributed by atoms with van der Waals surface area (Å²) in [6.07, 6.45) is 0. The van der Waals surface area contributed by atoms with Crippen LogP contribution in [-0.4, -0.2) is 29.2 Å². The summed E-state index contributed by atoms with van der Waals surface area (Å²) in [4.78, 5) is 16.7. The van der Waals surface area contributed by atoms with Gasteiger partial charge >= 0.3 is 0 Å². The lowest BCUT2D eigenvalue weighted by Crippen LogP contribution is -2.37. The summed E-state index contributed by atoms with van der Waals surface area (Å²) in [7, 11) is 0. The Bertz CT molecular complexity index is 1280. The van der Waals surface area contributed by atoms with Gasteiger partial charge in [0.25, 0.3) is 5.91 Å². The number of aryl methyl sites for hydroxylation is 1. The van der Waals surface area contributed by atoms with Crippen LogP contribution in [0.3, 0.4) is 0 Å². The van der Waals surface area contributed by atoms with Crippen LogP contribution in [0.25, 0.3) is 22.6 Å². The first kappa shape index (κ1) is 22.3. The third-order valence-corrected chi connectivity index (χ3v) is 4.87. The number of hydrogen-bond donors (Lipinski definition) is 2. The van der Waals surface area contributed by atoms with Crippen LogP contribution in [0.4, 0.5) is 5.69 Å². The molecule has 0 unspecified atom stereocenters. The number of nitrogens with zero attached hydrogens (tertiary/aromatic N) is 1. The molecule has 0 fully saturated rings. The van der Waals surface area contributed by atoms with E-state index in [1.54, 1.807) is 24.3 Å². The number of carbonyl (C=O) groups is 1. The standard InChI is InChI=1S/C25H23N3O4S/c1-3-30-19-10-7-17(8-11-19)24-27-21-14-18(9-12-22(21)32-24)26-25(33)28-23(29)15-31-20-6-4-5-16(2)13-20/h4-14H,3,15H2,1-2H3,(H2,26,28,29,33). The molecule has 0 saturated carbocycles. The van der Waals surface area contributed by atoms with Gasteiger partial charge in [-0.05, 0) is 86.2 Å². The molecule has 4 aromatic rings. The number of rotatable bonds is 7. The Labute approximate surface area is 196 Å². The van der Waals surface area contributed by atoms with E-state index in [9.17, 15) is 4.79 Å². The molecule has 0 bridgehead atoms. The number of carbonyl (C=O) groups excluding carboxylic acids is 1. The first-order valence-electron chi connectivity index (χ1n) is 10.4. The van der Waals surface area contributed by atoms with Crippen molar-refractivity contribution in [1.82, 2.24) is 10.3 Å². The second kappa shape index (κ2) is 10.1. The first-order valence-corrected chi connectivity index (χ1v) is 10.8. The van der Waals surface area contributed by atoms with Crippen LogP contribution in [0.1, 0.15) is 12.5 Å². The minimum Gasteiger partial charge on any atom is -0.494 e. The van der Waals surface area contributed by atoms with Crippen LogP contribution >= 0.6 is 12.2 Å². The lowest BCUT2D eigenvalue weighted by atomic mass is 10.2. The van der Waals surface area contributed by atoms with Gasteiger partial charge in [0.2, 0.25) is 5.89 Å². The smallest absolute Gasteiger partial charge is 0.264 e. The highest BCUT2D eigenvalue weighted by Crippen LogP contribution is 2.27. The Morgan fingerprint density at radius 3 is 2.61 bits per heavy atom. The molecule has 7 nitrogen and oxygen atoms in total. The summed E-state index contributed by atoms with van der Waals surface area (Å²) in [5.74, 6) is 1.58. The molecule has 0 aliphatic rings. The number of aromatic nitrogens is 1. The van der Waals surface area contributed by atoms with Crippen LogP contribution in [-0.2, 0) is 4.79 Å². The molecule has 0 aliphatic carbocycles. The average Bonchev–Trinajstić information content (AvgIpc) is 3.22. The fourth-order valence-corrected chi connectivity index (χ4v) is 3.40. The van der Waals surface area contributed by atoms with Gasteiger partial charge in [0.15, 0.2) is 17.3 Å². The zero-order chi connectivity index (χ0) is 23.2. The van der Waals surface area contributed by atoms with Crippen molar-refractivity contribution >= 4 is 40.0 Å². The number of anilines is 1. The van der Waals surface area contributed by atoms with E-state index in [0.29, 0.717) is 35.0 Å². The van der Waals surface area contributed by atoms with Crippen molar-refractivity contribution in [1.29, 1.82) is 0 Å². The maximum Gasteiger partial charge on any atom is 0.264 e. The Morgan fingerprint density at radius 1 is 1.03 bits per heavy atom. The van der Waals surface area contributed by atoms with Gasteiger partial charge in [-0.25, -0.2) is 4.98 Å². The topological polar surface area (TPSA) is 85.6 Å². The van der Waals surface area contributed by atoms with Crippen molar-refractivity contribution in [2.45, 2.75) is 13.8 Å². The summed E-state index contributed by atoms with van der Waals surface area (Å²) in [5, 5.41) is 5.77. The zero-order valence-electron chi connectivity index (χ0n) is 18.3. The van der Waals surface area contributed by atoms with E-state index >= 15 is 0 Å². The van der Waals surface area contributed by atoms with Gasteiger partial charge in [-0.1, -0.05) is 12.1 Å². The first-order chi connectivity index (χ1) is 16.0. The van der Waals surface area contributed by atoms with Crippen LogP contribution < -0.4 is 20.1 Å². The highest BCUT2D eigenvalue weighted by molar-refractivity contribution is 7.80.